The molecule has 178 valence electrons. The molecule has 2 aromatic rings. The largest absolute Gasteiger partial charge is 0.478 e. The van der Waals surface area contributed by atoms with Crippen molar-refractivity contribution in [3.05, 3.63) is 70.3 Å². The van der Waals surface area contributed by atoms with Crippen LogP contribution in [0.25, 0.3) is 0 Å². The minimum Gasteiger partial charge on any atom is -0.478 e. The molecule has 2 aromatic carbocycles. The molecule has 0 saturated carbocycles. The first-order valence-electron chi connectivity index (χ1n) is 10.1. The number of rotatable bonds is 3. The summed E-state index contributed by atoms with van der Waals surface area (Å²) in [6.45, 7) is 11.7. The summed E-state index contributed by atoms with van der Waals surface area (Å²) in [4.78, 5) is 32.0. The first-order chi connectivity index (χ1) is 14.9. The summed E-state index contributed by atoms with van der Waals surface area (Å²) in [6, 6.07) is 11.9. The van der Waals surface area contributed by atoms with Crippen LogP contribution in [0, 0.1) is 32.6 Å². The number of aryl methyl sites for hydroxylation is 3. The Morgan fingerprint density at radius 1 is 0.758 bits per heavy atom. The maximum Gasteiger partial charge on any atom is 0.377 e. The Hall–Kier alpha value is -3.47. The molecule has 0 radical (unpaired) electrons. The Labute approximate surface area is 194 Å². The number of carboxylic acids is 2. The van der Waals surface area contributed by atoms with Gasteiger partial charge in [0.05, 0.1) is 5.56 Å². The standard InChI is InChI=1S/C11H12O3.C8H14O2.C7H6O2/c1-6-4-7(2)9(8(3)5-6)10(12)11(13)14;1-7(2,9)5-6-8(3,4)10;8-7(9)6-4-2-1-3-5-6/h4-5H,1-3H3,(H,13,14);9-10H,1-4H3;1-5H,(H,8,9). The molecular weight excluding hydrogens is 424 g/mol. The molecule has 7 nitrogen and oxygen atoms in total. The van der Waals surface area contributed by atoms with Crippen molar-refractivity contribution in [1.82, 2.24) is 0 Å². The lowest BCUT2D eigenvalue weighted by Gasteiger charge is -2.10. The molecule has 0 bridgehead atoms. The highest BCUT2D eigenvalue weighted by Gasteiger charge is 2.19. The van der Waals surface area contributed by atoms with Gasteiger partial charge in [-0.3, -0.25) is 4.79 Å². The zero-order valence-electron chi connectivity index (χ0n) is 20.1. The predicted octanol–water partition coefficient (Wildman–Crippen LogP) is 3.80. The van der Waals surface area contributed by atoms with Crippen molar-refractivity contribution < 1.29 is 34.8 Å². The number of hydrogen-bond donors (Lipinski definition) is 4. The molecule has 2 rings (SSSR count). The lowest BCUT2D eigenvalue weighted by Crippen LogP contribution is -2.20. The van der Waals surface area contributed by atoms with Crippen molar-refractivity contribution in [2.75, 3.05) is 0 Å². The molecule has 0 spiro atoms. The molecule has 0 heterocycles. The molecule has 0 aliphatic heterocycles. The minimum atomic E-state index is -1.40. The van der Waals surface area contributed by atoms with E-state index in [1.807, 2.05) is 19.1 Å². The Bertz CT molecular complexity index is 987. The maximum atomic E-state index is 11.3. The van der Waals surface area contributed by atoms with Crippen molar-refractivity contribution >= 4 is 17.7 Å². The quantitative estimate of drug-likeness (QED) is 0.314. The Morgan fingerprint density at radius 2 is 1.15 bits per heavy atom. The van der Waals surface area contributed by atoms with E-state index in [-0.39, 0.29) is 0 Å². The zero-order valence-corrected chi connectivity index (χ0v) is 20.1. The van der Waals surface area contributed by atoms with Gasteiger partial charge in [0.15, 0.2) is 0 Å². The molecule has 0 saturated heterocycles. The molecule has 33 heavy (non-hydrogen) atoms. The average Bonchev–Trinajstić information content (AvgIpc) is 2.66. The van der Waals surface area contributed by atoms with Gasteiger partial charge in [0.1, 0.15) is 11.2 Å². The fraction of sp³-hybridized carbons (Fsp3) is 0.346. The van der Waals surface area contributed by atoms with Crippen LogP contribution in [0.5, 0.6) is 0 Å². The molecule has 7 heteroatoms. The van der Waals surface area contributed by atoms with Crippen molar-refractivity contribution in [3.8, 4) is 11.8 Å². The second-order valence-electron chi connectivity index (χ2n) is 8.45. The molecule has 0 atom stereocenters. The molecule has 0 fully saturated rings. The van der Waals surface area contributed by atoms with E-state index < -0.39 is 28.9 Å². The number of aliphatic carboxylic acids is 1. The number of carbonyl (C=O) groups excluding carboxylic acids is 1. The van der Waals surface area contributed by atoms with E-state index in [1.54, 1.807) is 71.9 Å². The van der Waals surface area contributed by atoms with E-state index in [4.69, 9.17) is 20.4 Å². The van der Waals surface area contributed by atoms with Crippen molar-refractivity contribution in [2.24, 2.45) is 0 Å². The SMILES string of the molecule is CC(C)(O)C#CC(C)(C)O.Cc1cc(C)c(C(=O)C(=O)O)c(C)c1.O=C(O)c1ccccc1. The number of carbonyl (C=O) groups is 3. The molecule has 0 unspecified atom stereocenters. The summed E-state index contributed by atoms with van der Waals surface area (Å²) in [5, 5.41) is 35.2. The van der Waals surface area contributed by atoms with Gasteiger partial charge < -0.3 is 20.4 Å². The third-order valence-corrected chi connectivity index (χ3v) is 3.79. The summed E-state index contributed by atoms with van der Waals surface area (Å²) >= 11 is 0. The van der Waals surface area contributed by atoms with Gasteiger partial charge in [-0.25, -0.2) is 9.59 Å². The Balaban J connectivity index is 0.000000481. The molecule has 4 N–H and O–H groups in total. The Kier molecular flexibility index (Phi) is 11.2. The number of carboxylic acid groups (broad SMARTS) is 2. The van der Waals surface area contributed by atoms with E-state index in [1.165, 1.54) is 0 Å². The van der Waals surface area contributed by atoms with Crippen molar-refractivity contribution in [3.63, 3.8) is 0 Å². The zero-order chi connectivity index (χ0) is 26.0. The van der Waals surface area contributed by atoms with Crippen LogP contribution >= 0.6 is 0 Å². The van der Waals surface area contributed by atoms with Gasteiger partial charge in [-0.05, 0) is 71.7 Å². The van der Waals surface area contributed by atoms with Crippen LogP contribution < -0.4 is 0 Å². The fourth-order valence-electron chi connectivity index (χ4n) is 2.53. The summed E-state index contributed by atoms with van der Waals surface area (Å²) in [5.41, 5.74) is 1.08. The van der Waals surface area contributed by atoms with Crippen molar-refractivity contribution in [1.29, 1.82) is 0 Å². The number of benzene rings is 2. The summed E-state index contributed by atoms with van der Waals surface area (Å²) in [5.74, 6) is 1.92. The van der Waals surface area contributed by atoms with Gasteiger partial charge in [-0.2, -0.15) is 0 Å². The monoisotopic (exact) mass is 456 g/mol. The fourth-order valence-corrected chi connectivity index (χ4v) is 2.53. The molecular formula is C26H32O7. The van der Waals surface area contributed by atoms with E-state index in [9.17, 15) is 14.4 Å². The second-order valence-corrected chi connectivity index (χ2v) is 8.45. The van der Waals surface area contributed by atoms with Crippen LogP contribution in [0.4, 0.5) is 0 Å². The van der Waals surface area contributed by atoms with E-state index in [0.717, 1.165) is 16.7 Å². The van der Waals surface area contributed by atoms with Crippen molar-refractivity contribution in [2.45, 2.75) is 59.7 Å². The number of aromatic carboxylic acids is 1. The van der Waals surface area contributed by atoms with Crippen LogP contribution in [-0.2, 0) is 4.79 Å². The third-order valence-electron chi connectivity index (χ3n) is 3.79. The first kappa shape index (κ1) is 29.5. The maximum absolute atomic E-state index is 11.3. The topological polar surface area (TPSA) is 132 Å². The van der Waals surface area contributed by atoms with Gasteiger partial charge >= 0.3 is 11.9 Å². The van der Waals surface area contributed by atoms with Crippen LogP contribution in [0.15, 0.2) is 42.5 Å². The predicted molar refractivity (Wildman–Crippen MR) is 126 cm³/mol. The average molecular weight is 457 g/mol. The van der Waals surface area contributed by atoms with Gasteiger partial charge in [0, 0.05) is 5.56 Å². The highest BCUT2D eigenvalue weighted by molar-refractivity contribution is 6.40. The van der Waals surface area contributed by atoms with Crippen LogP contribution in [0.3, 0.4) is 0 Å². The van der Waals surface area contributed by atoms with Crippen LogP contribution in [0.1, 0.15) is 65.1 Å². The highest BCUT2D eigenvalue weighted by atomic mass is 16.4. The van der Waals surface area contributed by atoms with Gasteiger partial charge in [0.2, 0.25) is 0 Å². The van der Waals surface area contributed by atoms with Gasteiger partial charge in [-0.15, -0.1) is 0 Å². The van der Waals surface area contributed by atoms with Gasteiger partial charge in [-0.1, -0.05) is 47.7 Å². The molecule has 0 aromatic heterocycles. The summed E-state index contributed by atoms with van der Waals surface area (Å²) in [7, 11) is 0. The van der Waals surface area contributed by atoms with Crippen LogP contribution in [0.2, 0.25) is 0 Å². The molecule has 0 aliphatic rings. The van der Waals surface area contributed by atoms with Crippen LogP contribution in [-0.4, -0.2) is 49.4 Å². The number of aliphatic hydroxyl groups is 2. The second kappa shape index (κ2) is 12.5. The minimum absolute atomic E-state index is 0.308. The summed E-state index contributed by atoms with van der Waals surface area (Å²) < 4.78 is 0. The highest BCUT2D eigenvalue weighted by Crippen LogP contribution is 2.16. The lowest BCUT2D eigenvalue weighted by atomic mass is 9.97. The lowest BCUT2D eigenvalue weighted by molar-refractivity contribution is -0.131. The van der Waals surface area contributed by atoms with E-state index >= 15 is 0 Å². The first-order valence-corrected chi connectivity index (χ1v) is 10.1. The van der Waals surface area contributed by atoms with E-state index in [0.29, 0.717) is 11.1 Å². The van der Waals surface area contributed by atoms with Gasteiger partial charge in [0.25, 0.3) is 5.78 Å². The number of ketones is 1. The normalized spacial score (nSPS) is 10.3. The Morgan fingerprint density at radius 3 is 1.42 bits per heavy atom. The third kappa shape index (κ3) is 12.9. The van der Waals surface area contributed by atoms with E-state index in [2.05, 4.69) is 11.8 Å². The number of hydrogen-bond acceptors (Lipinski definition) is 5. The smallest absolute Gasteiger partial charge is 0.377 e. The summed E-state index contributed by atoms with van der Waals surface area (Å²) in [6.07, 6.45) is 0. The molecule has 0 amide bonds. The number of Topliss-reactive ketones (excluding diaryl/α,β-unsaturated/α-hetero) is 1. The molecule has 0 aliphatic carbocycles.